The van der Waals surface area contributed by atoms with Crippen molar-refractivity contribution in [2.45, 2.75) is 19.8 Å². The van der Waals surface area contributed by atoms with Crippen LogP contribution in [0.5, 0.6) is 0 Å². The fraction of sp³-hybridized carbons (Fsp3) is 0.900. The Morgan fingerprint density at radius 3 is 3.00 bits per heavy atom. The van der Waals surface area contributed by atoms with E-state index in [2.05, 4.69) is 5.32 Å². The van der Waals surface area contributed by atoms with Gasteiger partial charge in [0.2, 0.25) is 5.91 Å². The fourth-order valence-electron chi connectivity index (χ4n) is 1.80. The molecule has 14 heavy (non-hydrogen) atoms. The van der Waals surface area contributed by atoms with Crippen molar-refractivity contribution in [3.8, 4) is 0 Å². The van der Waals surface area contributed by atoms with Crippen LogP contribution in [0.1, 0.15) is 19.8 Å². The van der Waals surface area contributed by atoms with Gasteiger partial charge in [0.1, 0.15) is 0 Å². The fourth-order valence-corrected chi connectivity index (χ4v) is 1.80. The first-order valence-corrected chi connectivity index (χ1v) is 5.33. The molecule has 0 bridgehead atoms. The van der Waals surface area contributed by atoms with Crippen molar-refractivity contribution < 1.29 is 9.53 Å². The molecule has 2 unspecified atom stereocenters. The molecule has 0 aromatic heterocycles. The largest absolute Gasteiger partial charge is 0.381 e. The number of carbonyl (C=O) groups excluding carboxylic acids is 1. The highest BCUT2D eigenvalue weighted by atomic mass is 16.5. The van der Waals surface area contributed by atoms with Crippen LogP contribution in [-0.4, -0.2) is 32.2 Å². The average molecular weight is 200 g/mol. The highest BCUT2D eigenvalue weighted by molar-refractivity contribution is 5.78. The Kier molecular flexibility index (Phi) is 4.90. The Bertz CT molecular complexity index is 179. The molecule has 1 rings (SSSR count). The zero-order chi connectivity index (χ0) is 10.4. The maximum Gasteiger partial charge on any atom is 0.224 e. The number of amides is 1. The Balaban J connectivity index is 2.33. The lowest BCUT2D eigenvalue weighted by molar-refractivity contribution is -0.125. The smallest absolute Gasteiger partial charge is 0.224 e. The molecule has 3 N–H and O–H groups in total. The highest BCUT2D eigenvalue weighted by Gasteiger charge is 2.24. The van der Waals surface area contributed by atoms with E-state index < -0.39 is 0 Å². The van der Waals surface area contributed by atoms with E-state index in [1.54, 1.807) is 0 Å². The molecular weight excluding hydrogens is 180 g/mol. The van der Waals surface area contributed by atoms with Crippen molar-refractivity contribution in [3.05, 3.63) is 0 Å². The van der Waals surface area contributed by atoms with E-state index in [0.29, 0.717) is 19.0 Å². The number of hydrogen-bond donors (Lipinski definition) is 2. The standard InChI is InChI=1S/C10H20N2O2/c1-2-12-10(13)9(6-11)5-8-3-4-14-7-8/h8-9H,2-7,11H2,1H3,(H,12,13). The van der Waals surface area contributed by atoms with Gasteiger partial charge in [-0.3, -0.25) is 4.79 Å². The molecular formula is C10H20N2O2. The molecule has 0 aromatic carbocycles. The van der Waals surface area contributed by atoms with Gasteiger partial charge in [-0.05, 0) is 25.7 Å². The molecule has 0 aliphatic carbocycles. The third-order valence-electron chi connectivity index (χ3n) is 2.65. The maximum absolute atomic E-state index is 11.5. The first-order valence-electron chi connectivity index (χ1n) is 5.33. The Morgan fingerprint density at radius 1 is 1.71 bits per heavy atom. The average Bonchev–Trinajstić information content (AvgIpc) is 2.66. The molecule has 1 aliphatic heterocycles. The van der Waals surface area contributed by atoms with Crippen LogP contribution < -0.4 is 11.1 Å². The Morgan fingerprint density at radius 2 is 2.50 bits per heavy atom. The van der Waals surface area contributed by atoms with Gasteiger partial charge in [-0.2, -0.15) is 0 Å². The minimum absolute atomic E-state index is 0.0401. The van der Waals surface area contributed by atoms with Crippen LogP contribution in [0, 0.1) is 11.8 Å². The van der Waals surface area contributed by atoms with E-state index in [4.69, 9.17) is 10.5 Å². The van der Waals surface area contributed by atoms with Crippen LogP contribution in [0.2, 0.25) is 0 Å². The molecule has 1 heterocycles. The Hall–Kier alpha value is -0.610. The number of nitrogens with one attached hydrogen (secondary N) is 1. The minimum atomic E-state index is -0.0401. The summed E-state index contributed by atoms with van der Waals surface area (Å²) in [5.74, 6) is 0.565. The van der Waals surface area contributed by atoms with Crippen molar-refractivity contribution in [2.75, 3.05) is 26.3 Å². The molecule has 0 radical (unpaired) electrons. The van der Waals surface area contributed by atoms with Crippen molar-refractivity contribution in [1.82, 2.24) is 5.32 Å². The third-order valence-corrected chi connectivity index (χ3v) is 2.65. The summed E-state index contributed by atoms with van der Waals surface area (Å²) in [4.78, 5) is 11.5. The number of nitrogens with two attached hydrogens (primary N) is 1. The summed E-state index contributed by atoms with van der Waals surface area (Å²) >= 11 is 0. The molecule has 0 saturated carbocycles. The van der Waals surface area contributed by atoms with Crippen molar-refractivity contribution >= 4 is 5.91 Å². The predicted molar refractivity (Wildman–Crippen MR) is 54.8 cm³/mol. The number of carbonyl (C=O) groups is 1. The second kappa shape index (κ2) is 5.98. The summed E-state index contributed by atoms with van der Waals surface area (Å²) in [5.41, 5.74) is 5.58. The van der Waals surface area contributed by atoms with Gasteiger partial charge in [0.25, 0.3) is 0 Å². The molecule has 4 nitrogen and oxygen atoms in total. The molecule has 1 amide bonds. The highest BCUT2D eigenvalue weighted by Crippen LogP contribution is 2.20. The van der Waals surface area contributed by atoms with Crippen molar-refractivity contribution in [2.24, 2.45) is 17.6 Å². The lowest BCUT2D eigenvalue weighted by Gasteiger charge is -2.17. The summed E-state index contributed by atoms with van der Waals surface area (Å²) in [5, 5.41) is 2.81. The van der Waals surface area contributed by atoms with Crippen LogP contribution in [0.3, 0.4) is 0 Å². The van der Waals surface area contributed by atoms with Gasteiger partial charge in [0.05, 0.1) is 5.92 Å². The zero-order valence-electron chi connectivity index (χ0n) is 8.79. The second-order valence-electron chi connectivity index (χ2n) is 3.79. The quantitative estimate of drug-likeness (QED) is 0.662. The molecule has 2 atom stereocenters. The van der Waals surface area contributed by atoms with Crippen LogP contribution in [0.4, 0.5) is 0 Å². The summed E-state index contributed by atoms with van der Waals surface area (Å²) in [6.07, 6.45) is 1.93. The molecule has 4 heteroatoms. The first-order chi connectivity index (χ1) is 6.77. The molecule has 1 saturated heterocycles. The van der Waals surface area contributed by atoms with Gasteiger partial charge in [0.15, 0.2) is 0 Å². The van der Waals surface area contributed by atoms with E-state index in [1.165, 1.54) is 0 Å². The van der Waals surface area contributed by atoms with Gasteiger partial charge in [-0.1, -0.05) is 0 Å². The van der Waals surface area contributed by atoms with E-state index in [1.807, 2.05) is 6.92 Å². The summed E-state index contributed by atoms with van der Waals surface area (Å²) in [6.45, 7) is 4.65. The normalized spacial score (nSPS) is 23.4. The second-order valence-corrected chi connectivity index (χ2v) is 3.79. The minimum Gasteiger partial charge on any atom is -0.381 e. The van der Waals surface area contributed by atoms with Gasteiger partial charge >= 0.3 is 0 Å². The zero-order valence-corrected chi connectivity index (χ0v) is 8.79. The van der Waals surface area contributed by atoms with E-state index in [9.17, 15) is 4.79 Å². The first kappa shape index (κ1) is 11.5. The summed E-state index contributed by atoms with van der Waals surface area (Å²) in [7, 11) is 0. The van der Waals surface area contributed by atoms with Crippen molar-refractivity contribution in [3.63, 3.8) is 0 Å². The Labute approximate surface area is 85.2 Å². The maximum atomic E-state index is 11.5. The molecule has 1 fully saturated rings. The van der Waals surface area contributed by atoms with Gasteiger partial charge < -0.3 is 15.8 Å². The van der Waals surface area contributed by atoms with E-state index >= 15 is 0 Å². The molecule has 1 aliphatic rings. The van der Waals surface area contributed by atoms with Gasteiger partial charge in [0, 0.05) is 26.3 Å². The van der Waals surface area contributed by atoms with Gasteiger partial charge in [-0.25, -0.2) is 0 Å². The topological polar surface area (TPSA) is 64.4 Å². The van der Waals surface area contributed by atoms with Crippen LogP contribution in [0.25, 0.3) is 0 Å². The van der Waals surface area contributed by atoms with Crippen LogP contribution in [0.15, 0.2) is 0 Å². The summed E-state index contributed by atoms with van der Waals surface area (Å²) in [6, 6.07) is 0. The SMILES string of the molecule is CCNC(=O)C(CN)CC1CCOC1. The van der Waals surface area contributed by atoms with E-state index in [-0.39, 0.29) is 11.8 Å². The molecule has 0 spiro atoms. The lowest BCUT2D eigenvalue weighted by Crippen LogP contribution is -2.36. The molecule has 82 valence electrons. The van der Waals surface area contributed by atoms with E-state index in [0.717, 1.165) is 26.1 Å². The predicted octanol–water partition coefficient (Wildman–Crippen LogP) is 0.124. The van der Waals surface area contributed by atoms with Gasteiger partial charge in [-0.15, -0.1) is 0 Å². The molecule has 0 aromatic rings. The third kappa shape index (κ3) is 3.27. The van der Waals surface area contributed by atoms with Crippen LogP contribution in [-0.2, 0) is 9.53 Å². The number of ether oxygens (including phenoxy) is 1. The lowest BCUT2D eigenvalue weighted by atomic mass is 9.93. The monoisotopic (exact) mass is 200 g/mol. The summed E-state index contributed by atoms with van der Waals surface area (Å²) < 4.78 is 5.27. The number of hydrogen-bond acceptors (Lipinski definition) is 3. The van der Waals surface area contributed by atoms with Crippen molar-refractivity contribution in [1.29, 1.82) is 0 Å². The van der Waals surface area contributed by atoms with Crippen LogP contribution >= 0.6 is 0 Å². The number of rotatable bonds is 5.